The molecule has 7 nitrogen and oxygen atoms in total. The Kier molecular flexibility index (Phi) is 8.93. The number of hydrogen-bond donors (Lipinski definition) is 1. The number of nitrogens with zero attached hydrogens (tertiary/aromatic N) is 4. The van der Waals surface area contributed by atoms with Crippen molar-refractivity contribution in [2.45, 2.75) is 52.5 Å². The van der Waals surface area contributed by atoms with Gasteiger partial charge in [0.25, 0.3) is 0 Å². The highest BCUT2D eigenvalue weighted by molar-refractivity contribution is 7.09. The van der Waals surface area contributed by atoms with E-state index in [4.69, 9.17) is 9.72 Å². The summed E-state index contributed by atoms with van der Waals surface area (Å²) in [4.78, 5) is 26.0. The number of esters is 1. The Balaban J connectivity index is 1.41. The first-order valence-corrected chi connectivity index (χ1v) is 12.3. The summed E-state index contributed by atoms with van der Waals surface area (Å²) < 4.78 is 5.22. The van der Waals surface area contributed by atoms with Crippen molar-refractivity contribution in [1.29, 1.82) is 0 Å². The van der Waals surface area contributed by atoms with Crippen LogP contribution in [0.1, 0.15) is 50.2 Å². The molecule has 2 aliphatic heterocycles. The first-order chi connectivity index (χ1) is 14.6. The van der Waals surface area contributed by atoms with Crippen LogP contribution in [0.25, 0.3) is 0 Å². The third kappa shape index (κ3) is 6.41. The number of thiazole rings is 1. The van der Waals surface area contributed by atoms with E-state index in [0.29, 0.717) is 19.1 Å². The van der Waals surface area contributed by atoms with Crippen LogP contribution in [0.15, 0.2) is 10.4 Å². The highest BCUT2D eigenvalue weighted by atomic mass is 32.1. The van der Waals surface area contributed by atoms with Crippen LogP contribution in [-0.2, 0) is 22.5 Å². The van der Waals surface area contributed by atoms with Crippen molar-refractivity contribution in [2.24, 2.45) is 16.8 Å². The van der Waals surface area contributed by atoms with Crippen LogP contribution < -0.4 is 5.32 Å². The Labute approximate surface area is 184 Å². The van der Waals surface area contributed by atoms with Crippen molar-refractivity contribution in [1.82, 2.24) is 20.1 Å². The Bertz CT molecular complexity index is 699. The van der Waals surface area contributed by atoms with Gasteiger partial charge in [-0.1, -0.05) is 6.92 Å². The van der Waals surface area contributed by atoms with Crippen LogP contribution in [0.2, 0.25) is 0 Å². The molecule has 0 aromatic carbocycles. The first kappa shape index (κ1) is 23.0. The van der Waals surface area contributed by atoms with E-state index in [1.54, 1.807) is 11.3 Å². The van der Waals surface area contributed by atoms with Gasteiger partial charge < -0.3 is 15.0 Å². The maximum Gasteiger partial charge on any atom is 0.310 e. The second-order valence-electron chi connectivity index (χ2n) is 8.27. The number of aliphatic imine (C=N–C) groups is 1. The lowest BCUT2D eigenvalue weighted by Gasteiger charge is -2.35. The summed E-state index contributed by atoms with van der Waals surface area (Å²) in [7, 11) is 1.83. The normalized spacial score (nSPS) is 21.6. The molecule has 0 radical (unpaired) electrons. The molecular formula is C22H37N5O2S. The second-order valence-corrected chi connectivity index (χ2v) is 9.21. The van der Waals surface area contributed by atoms with Crippen molar-refractivity contribution < 1.29 is 9.53 Å². The number of ether oxygens (including phenoxy) is 1. The fourth-order valence-electron chi connectivity index (χ4n) is 4.35. The van der Waals surface area contributed by atoms with Gasteiger partial charge in [0.05, 0.1) is 23.2 Å². The molecule has 0 saturated carbocycles. The molecule has 8 heteroatoms. The standard InChI is InChI=1S/C22H37N5O2S/c1-4-20-25-19(16-30-20)15-26-11-8-17(9-12-26)13-24-22(23-3)27-10-6-7-18(14-27)21(28)29-5-2/h16-18H,4-15H2,1-3H3,(H,23,24). The molecule has 3 heterocycles. The van der Waals surface area contributed by atoms with Crippen molar-refractivity contribution >= 4 is 23.3 Å². The van der Waals surface area contributed by atoms with Crippen molar-refractivity contribution in [3.63, 3.8) is 0 Å². The van der Waals surface area contributed by atoms with Crippen LogP contribution in [0.4, 0.5) is 0 Å². The van der Waals surface area contributed by atoms with Crippen molar-refractivity contribution in [2.75, 3.05) is 46.4 Å². The zero-order valence-electron chi connectivity index (χ0n) is 18.7. The molecule has 1 atom stereocenters. The van der Waals surface area contributed by atoms with Gasteiger partial charge in [0.1, 0.15) is 0 Å². The number of nitrogens with one attached hydrogen (secondary N) is 1. The molecule has 0 bridgehead atoms. The van der Waals surface area contributed by atoms with E-state index in [0.717, 1.165) is 57.9 Å². The largest absolute Gasteiger partial charge is 0.466 e. The molecule has 1 unspecified atom stereocenters. The summed E-state index contributed by atoms with van der Waals surface area (Å²) in [6, 6.07) is 0. The van der Waals surface area contributed by atoms with E-state index in [2.05, 4.69) is 32.4 Å². The predicted octanol–water partition coefficient (Wildman–Crippen LogP) is 2.77. The van der Waals surface area contributed by atoms with Crippen LogP contribution in [0, 0.1) is 11.8 Å². The van der Waals surface area contributed by atoms with E-state index in [1.165, 1.54) is 23.5 Å². The summed E-state index contributed by atoms with van der Waals surface area (Å²) in [5, 5.41) is 7.01. The molecule has 0 amide bonds. The van der Waals surface area contributed by atoms with Gasteiger partial charge in [-0.05, 0) is 58.0 Å². The van der Waals surface area contributed by atoms with Crippen LogP contribution in [-0.4, -0.2) is 73.1 Å². The molecule has 30 heavy (non-hydrogen) atoms. The third-order valence-electron chi connectivity index (χ3n) is 6.10. The smallest absolute Gasteiger partial charge is 0.310 e. The summed E-state index contributed by atoms with van der Waals surface area (Å²) in [5.41, 5.74) is 1.22. The molecular weight excluding hydrogens is 398 g/mol. The number of piperidine rings is 2. The topological polar surface area (TPSA) is 70.1 Å². The van der Waals surface area contributed by atoms with Crippen LogP contribution >= 0.6 is 11.3 Å². The number of carbonyl (C=O) groups excluding carboxylic acids is 1. The minimum absolute atomic E-state index is 0.0422. The number of guanidine groups is 1. The molecule has 0 aliphatic carbocycles. The van der Waals surface area contributed by atoms with E-state index >= 15 is 0 Å². The molecule has 168 valence electrons. The average molecular weight is 436 g/mol. The van der Waals surface area contributed by atoms with Gasteiger partial charge in [-0.15, -0.1) is 11.3 Å². The number of aryl methyl sites for hydroxylation is 1. The maximum absolute atomic E-state index is 12.1. The van der Waals surface area contributed by atoms with Gasteiger partial charge in [0.15, 0.2) is 5.96 Å². The lowest BCUT2D eigenvalue weighted by molar-refractivity contribution is -0.149. The zero-order valence-corrected chi connectivity index (χ0v) is 19.5. The van der Waals surface area contributed by atoms with Crippen molar-refractivity contribution in [3.8, 4) is 0 Å². The average Bonchev–Trinajstić information content (AvgIpc) is 3.23. The second kappa shape index (κ2) is 11.6. The van der Waals surface area contributed by atoms with E-state index in [-0.39, 0.29) is 11.9 Å². The van der Waals surface area contributed by atoms with Crippen LogP contribution in [0.3, 0.4) is 0 Å². The van der Waals surface area contributed by atoms with E-state index in [9.17, 15) is 4.79 Å². The fraction of sp³-hybridized carbons (Fsp3) is 0.773. The zero-order chi connectivity index (χ0) is 21.3. The molecule has 3 rings (SSSR count). The van der Waals surface area contributed by atoms with E-state index in [1.807, 2.05) is 14.0 Å². The molecule has 0 spiro atoms. The monoisotopic (exact) mass is 435 g/mol. The minimum Gasteiger partial charge on any atom is -0.466 e. The fourth-order valence-corrected chi connectivity index (χ4v) is 5.09. The highest BCUT2D eigenvalue weighted by Gasteiger charge is 2.29. The minimum atomic E-state index is -0.0730. The number of likely N-dealkylation sites (tertiary alicyclic amines) is 2. The Morgan fingerprint density at radius 1 is 1.30 bits per heavy atom. The van der Waals surface area contributed by atoms with Gasteiger partial charge in [-0.2, -0.15) is 0 Å². The molecule has 2 fully saturated rings. The number of aromatic nitrogens is 1. The summed E-state index contributed by atoms with van der Waals surface area (Å²) in [6.07, 6.45) is 5.32. The maximum atomic E-state index is 12.1. The summed E-state index contributed by atoms with van der Waals surface area (Å²) >= 11 is 1.78. The quantitative estimate of drug-likeness (QED) is 0.403. The Hall–Kier alpha value is -1.67. The van der Waals surface area contributed by atoms with Crippen molar-refractivity contribution in [3.05, 3.63) is 16.1 Å². The molecule has 2 saturated heterocycles. The SMILES string of the molecule is CCOC(=O)C1CCCN(C(=NC)NCC2CCN(Cc3csc(CC)n3)CC2)C1. The number of carbonyl (C=O) groups is 1. The molecule has 2 aliphatic rings. The van der Waals surface area contributed by atoms with Gasteiger partial charge >= 0.3 is 5.97 Å². The van der Waals surface area contributed by atoms with Gasteiger partial charge in [-0.25, -0.2) is 4.98 Å². The van der Waals surface area contributed by atoms with Gasteiger partial charge in [-0.3, -0.25) is 14.7 Å². The van der Waals surface area contributed by atoms with Gasteiger partial charge in [0.2, 0.25) is 0 Å². The predicted molar refractivity (Wildman–Crippen MR) is 122 cm³/mol. The third-order valence-corrected chi connectivity index (χ3v) is 7.14. The highest BCUT2D eigenvalue weighted by Crippen LogP contribution is 2.21. The van der Waals surface area contributed by atoms with E-state index < -0.39 is 0 Å². The lowest BCUT2D eigenvalue weighted by Crippen LogP contribution is -2.49. The molecule has 1 aromatic heterocycles. The van der Waals surface area contributed by atoms with Gasteiger partial charge in [0, 0.05) is 38.6 Å². The molecule has 1 aromatic rings. The molecule has 1 N–H and O–H groups in total. The summed E-state index contributed by atoms with van der Waals surface area (Å²) in [5.74, 6) is 1.46. The number of rotatable bonds is 7. The van der Waals surface area contributed by atoms with Crippen LogP contribution in [0.5, 0.6) is 0 Å². The first-order valence-electron chi connectivity index (χ1n) is 11.4. The Morgan fingerprint density at radius 3 is 2.77 bits per heavy atom. The lowest BCUT2D eigenvalue weighted by atomic mass is 9.96. The Morgan fingerprint density at radius 2 is 2.10 bits per heavy atom. The summed E-state index contributed by atoms with van der Waals surface area (Å²) in [6.45, 7) is 10.3. The number of hydrogen-bond acceptors (Lipinski definition) is 6.